The minimum Gasteiger partial charge on any atom is -0.491 e. The number of aromatic nitrogens is 3. The summed E-state index contributed by atoms with van der Waals surface area (Å²) in [6.07, 6.45) is 4.81. The van der Waals surface area contributed by atoms with Crippen LogP contribution in [0.25, 0.3) is 5.70 Å². The molecule has 0 spiro atoms. The quantitative estimate of drug-likeness (QED) is 0.586. The lowest BCUT2D eigenvalue weighted by Gasteiger charge is -2.09. The van der Waals surface area contributed by atoms with Crippen LogP contribution < -0.4 is 5.32 Å². The second kappa shape index (κ2) is 7.51. The molecule has 0 aliphatic carbocycles. The van der Waals surface area contributed by atoms with E-state index in [2.05, 4.69) is 20.3 Å². The van der Waals surface area contributed by atoms with Crippen molar-refractivity contribution in [2.45, 2.75) is 6.54 Å². The molecule has 0 atom stereocenters. The fourth-order valence-corrected chi connectivity index (χ4v) is 2.07. The lowest BCUT2D eigenvalue weighted by molar-refractivity contribution is 0.407. The summed E-state index contributed by atoms with van der Waals surface area (Å²) in [5, 5.41) is 20.3. The van der Waals surface area contributed by atoms with Gasteiger partial charge in [-0.1, -0.05) is 18.2 Å². The van der Waals surface area contributed by atoms with E-state index in [1.165, 1.54) is 24.6 Å². The summed E-state index contributed by atoms with van der Waals surface area (Å²) in [7, 11) is 0. The van der Waals surface area contributed by atoms with Crippen LogP contribution in [0, 0.1) is 17.0 Å². The van der Waals surface area contributed by atoms with Crippen LogP contribution in [0.15, 0.2) is 53.4 Å². The minimum atomic E-state index is -0.990. The van der Waals surface area contributed by atoms with E-state index in [0.717, 1.165) is 6.20 Å². The van der Waals surface area contributed by atoms with Crippen molar-refractivity contribution < 1.29 is 18.3 Å². The van der Waals surface area contributed by atoms with E-state index in [1.807, 2.05) is 0 Å². The molecule has 3 rings (SSSR count). The molecule has 0 aliphatic rings. The van der Waals surface area contributed by atoms with Crippen molar-refractivity contribution in [1.82, 2.24) is 20.3 Å². The molecule has 3 aromatic rings. The number of aromatic hydroxyl groups is 1. The summed E-state index contributed by atoms with van der Waals surface area (Å²) in [4.78, 5) is 11.1. The van der Waals surface area contributed by atoms with Crippen LogP contribution in [0.1, 0.15) is 17.3 Å². The Bertz CT molecular complexity index is 958. The average Bonchev–Trinajstić information content (AvgIpc) is 3.16. The van der Waals surface area contributed by atoms with Crippen molar-refractivity contribution in [2.75, 3.05) is 0 Å². The summed E-state index contributed by atoms with van der Waals surface area (Å²) in [5.74, 6) is -2.26. The highest BCUT2D eigenvalue weighted by atomic mass is 19.1. The third-order valence-electron chi connectivity index (χ3n) is 3.35. The van der Waals surface area contributed by atoms with Gasteiger partial charge in [0, 0.05) is 12.1 Å². The Balaban J connectivity index is 1.86. The van der Waals surface area contributed by atoms with Crippen LogP contribution >= 0.6 is 0 Å². The zero-order valence-electron chi connectivity index (χ0n) is 13.3. The maximum Gasteiger partial charge on any atom is 0.251 e. The van der Waals surface area contributed by atoms with Gasteiger partial charge < -0.3 is 14.8 Å². The maximum absolute atomic E-state index is 13.8. The molecule has 0 radical (unpaired) electrons. The molecular formula is C17H13F2N5O2. The molecule has 0 fully saturated rings. The molecule has 0 saturated heterocycles. The monoisotopic (exact) mass is 357 g/mol. The van der Waals surface area contributed by atoms with E-state index < -0.39 is 11.7 Å². The van der Waals surface area contributed by atoms with Crippen molar-refractivity contribution in [3.8, 4) is 5.88 Å². The Morgan fingerprint density at radius 2 is 2.04 bits per heavy atom. The van der Waals surface area contributed by atoms with Crippen LogP contribution in [-0.2, 0) is 6.54 Å². The summed E-state index contributed by atoms with van der Waals surface area (Å²) >= 11 is 0. The molecule has 3 N–H and O–H groups in total. The number of hydrogen-bond donors (Lipinski definition) is 3. The zero-order valence-corrected chi connectivity index (χ0v) is 13.3. The van der Waals surface area contributed by atoms with Crippen molar-refractivity contribution in [3.63, 3.8) is 0 Å². The number of hydrogen-bond acceptors (Lipinski definition) is 7. The van der Waals surface area contributed by atoms with E-state index in [0.29, 0.717) is 5.56 Å². The van der Waals surface area contributed by atoms with Crippen LogP contribution in [0.5, 0.6) is 5.88 Å². The Kier molecular flexibility index (Phi) is 4.97. The molecular weight excluding hydrogens is 344 g/mol. The second-order valence-corrected chi connectivity index (χ2v) is 5.12. The fraction of sp³-hybridized carbons (Fsp3) is 0.0588. The highest BCUT2D eigenvalue weighted by Gasteiger charge is 2.13. The normalized spacial score (nSPS) is 11.4. The van der Waals surface area contributed by atoms with Gasteiger partial charge in [-0.2, -0.15) is 9.37 Å². The van der Waals surface area contributed by atoms with Gasteiger partial charge in [0.15, 0.2) is 5.82 Å². The smallest absolute Gasteiger partial charge is 0.251 e. The Morgan fingerprint density at radius 3 is 2.73 bits per heavy atom. The predicted octanol–water partition coefficient (Wildman–Crippen LogP) is 2.65. The molecule has 2 heterocycles. The van der Waals surface area contributed by atoms with E-state index >= 15 is 0 Å². The predicted molar refractivity (Wildman–Crippen MR) is 88.2 cm³/mol. The first-order valence-electron chi connectivity index (χ1n) is 7.44. The van der Waals surface area contributed by atoms with Gasteiger partial charge in [0.2, 0.25) is 11.7 Å². The van der Waals surface area contributed by atoms with Gasteiger partial charge >= 0.3 is 0 Å². The standard InChI is InChI=1S/C17H13F2N5O2/c18-11-4-2-1-3-10(11)8-22-14(17-21-5-6-26-17)7-13(20)15-23-9-12(19)16(25)24-15/h1-7,9,20,22H,8H2,(H,23,24,25)/b14-7-,20-13?. The first kappa shape index (κ1) is 17.2. The topological polar surface area (TPSA) is 108 Å². The summed E-state index contributed by atoms with van der Waals surface area (Å²) in [6, 6.07) is 6.23. The van der Waals surface area contributed by atoms with Crippen LogP contribution in [0.3, 0.4) is 0 Å². The van der Waals surface area contributed by atoms with Crippen LogP contribution in [-0.4, -0.2) is 25.8 Å². The molecule has 132 valence electrons. The number of nitrogens with zero attached hydrogens (tertiary/aromatic N) is 3. The SMILES string of the molecule is N=C(/C=C(\NCc1ccccc1F)c1ncco1)c1ncc(F)c(O)n1. The Morgan fingerprint density at radius 1 is 1.23 bits per heavy atom. The summed E-state index contributed by atoms with van der Waals surface area (Å²) in [5.41, 5.74) is 0.456. The molecule has 0 unspecified atom stereocenters. The lowest BCUT2D eigenvalue weighted by Crippen LogP contribution is -2.15. The minimum absolute atomic E-state index is 0.115. The Hall–Kier alpha value is -3.62. The van der Waals surface area contributed by atoms with E-state index in [-0.39, 0.29) is 35.5 Å². The van der Waals surface area contributed by atoms with Crippen molar-refractivity contribution >= 4 is 11.4 Å². The Labute approximate surface area is 146 Å². The molecule has 0 aliphatic heterocycles. The number of oxazole rings is 1. The summed E-state index contributed by atoms with van der Waals surface area (Å²) in [6.45, 7) is 0.115. The van der Waals surface area contributed by atoms with Crippen molar-refractivity contribution in [1.29, 1.82) is 5.41 Å². The second-order valence-electron chi connectivity index (χ2n) is 5.12. The number of allylic oxidation sites excluding steroid dienone is 1. The molecule has 0 bridgehead atoms. The first-order chi connectivity index (χ1) is 12.5. The number of rotatable bonds is 6. The van der Waals surface area contributed by atoms with Gasteiger partial charge in [-0.25, -0.2) is 14.4 Å². The molecule has 7 nitrogen and oxygen atoms in total. The third kappa shape index (κ3) is 3.89. The van der Waals surface area contributed by atoms with E-state index in [1.54, 1.807) is 18.2 Å². The van der Waals surface area contributed by atoms with Crippen molar-refractivity contribution in [2.24, 2.45) is 0 Å². The number of nitrogens with one attached hydrogen (secondary N) is 2. The third-order valence-corrected chi connectivity index (χ3v) is 3.35. The highest BCUT2D eigenvalue weighted by molar-refractivity contribution is 6.07. The van der Waals surface area contributed by atoms with Crippen molar-refractivity contribution in [3.05, 3.63) is 77.9 Å². The molecule has 9 heteroatoms. The molecule has 0 saturated carbocycles. The van der Waals surface area contributed by atoms with Gasteiger partial charge in [0.25, 0.3) is 5.88 Å². The van der Waals surface area contributed by atoms with Crippen LogP contribution in [0.2, 0.25) is 0 Å². The van der Waals surface area contributed by atoms with E-state index in [9.17, 15) is 13.9 Å². The first-order valence-corrected chi connectivity index (χ1v) is 7.44. The maximum atomic E-state index is 13.8. The molecule has 0 amide bonds. The average molecular weight is 357 g/mol. The van der Waals surface area contributed by atoms with Gasteiger partial charge in [-0.05, 0) is 12.1 Å². The van der Waals surface area contributed by atoms with Gasteiger partial charge in [0.1, 0.15) is 23.5 Å². The van der Waals surface area contributed by atoms with E-state index in [4.69, 9.17) is 9.83 Å². The number of benzene rings is 1. The molecule has 1 aromatic carbocycles. The lowest BCUT2D eigenvalue weighted by atomic mass is 10.2. The molecule has 26 heavy (non-hydrogen) atoms. The van der Waals surface area contributed by atoms with Gasteiger partial charge in [-0.15, -0.1) is 0 Å². The largest absolute Gasteiger partial charge is 0.491 e. The number of halogens is 2. The summed E-state index contributed by atoms with van der Waals surface area (Å²) < 4.78 is 32.0. The fourth-order valence-electron chi connectivity index (χ4n) is 2.07. The van der Waals surface area contributed by atoms with Gasteiger partial charge in [0.05, 0.1) is 12.4 Å². The highest BCUT2D eigenvalue weighted by Crippen LogP contribution is 2.14. The van der Waals surface area contributed by atoms with Crippen LogP contribution in [0.4, 0.5) is 8.78 Å². The molecule has 2 aromatic heterocycles. The zero-order chi connectivity index (χ0) is 18.5. The van der Waals surface area contributed by atoms with Gasteiger partial charge in [-0.3, -0.25) is 5.41 Å².